The SMILES string of the molecule is O=C(C(c1ccccc1)n1cnc2[nH]ncc2c1=S)N1CCC(O)(c2ccccc2)CC1. The van der Waals surface area contributed by atoms with E-state index >= 15 is 0 Å². The smallest absolute Gasteiger partial charge is 0.250 e. The highest BCUT2D eigenvalue weighted by atomic mass is 32.1. The molecule has 2 aromatic carbocycles. The van der Waals surface area contributed by atoms with Gasteiger partial charge in [0.05, 0.1) is 23.5 Å². The third-order valence-corrected chi connectivity index (χ3v) is 6.67. The number of nitrogens with one attached hydrogen (secondary N) is 1. The Morgan fingerprint density at radius 3 is 2.41 bits per heavy atom. The van der Waals surface area contributed by atoms with Gasteiger partial charge < -0.3 is 14.6 Å². The van der Waals surface area contributed by atoms with E-state index in [1.165, 1.54) is 0 Å². The lowest BCUT2D eigenvalue weighted by atomic mass is 9.84. The van der Waals surface area contributed by atoms with E-state index in [4.69, 9.17) is 12.2 Å². The Balaban J connectivity index is 1.47. The topological polar surface area (TPSA) is 87.0 Å². The molecule has 7 nitrogen and oxygen atoms in total. The van der Waals surface area contributed by atoms with Crippen LogP contribution in [0.4, 0.5) is 0 Å². The zero-order chi connectivity index (χ0) is 22.1. The third kappa shape index (κ3) is 3.61. The van der Waals surface area contributed by atoms with Crippen LogP contribution in [0.1, 0.15) is 30.0 Å². The maximum atomic E-state index is 13.8. The summed E-state index contributed by atoms with van der Waals surface area (Å²) >= 11 is 5.70. The van der Waals surface area contributed by atoms with E-state index in [0.29, 0.717) is 41.6 Å². The highest BCUT2D eigenvalue weighted by Crippen LogP contribution is 2.34. The molecular formula is C24H23N5O2S. The number of carbonyl (C=O) groups is 1. The third-order valence-electron chi connectivity index (χ3n) is 6.24. The highest BCUT2D eigenvalue weighted by Gasteiger charge is 2.37. The van der Waals surface area contributed by atoms with Crippen molar-refractivity contribution in [1.82, 2.24) is 24.6 Å². The maximum Gasteiger partial charge on any atom is 0.250 e. The van der Waals surface area contributed by atoms with Crippen molar-refractivity contribution in [3.63, 3.8) is 0 Å². The first-order chi connectivity index (χ1) is 15.6. The van der Waals surface area contributed by atoms with E-state index < -0.39 is 11.6 Å². The summed E-state index contributed by atoms with van der Waals surface area (Å²) in [4.78, 5) is 20.0. The highest BCUT2D eigenvalue weighted by molar-refractivity contribution is 7.71. The van der Waals surface area contributed by atoms with Crippen LogP contribution in [0, 0.1) is 4.64 Å². The first kappa shape index (κ1) is 20.5. The van der Waals surface area contributed by atoms with Gasteiger partial charge >= 0.3 is 0 Å². The lowest BCUT2D eigenvalue weighted by Gasteiger charge is -2.40. The number of benzene rings is 2. The lowest BCUT2D eigenvalue weighted by Crippen LogP contribution is -2.47. The van der Waals surface area contributed by atoms with Gasteiger partial charge in [-0.15, -0.1) is 0 Å². The summed E-state index contributed by atoms with van der Waals surface area (Å²) in [6.45, 7) is 0.921. The van der Waals surface area contributed by atoms with Gasteiger partial charge in [0.1, 0.15) is 10.7 Å². The van der Waals surface area contributed by atoms with E-state index in [1.807, 2.05) is 65.6 Å². The van der Waals surface area contributed by atoms with Crippen molar-refractivity contribution in [3.05, 3.63) is 89.0 Å². The summed E-state index contributed by atoms with van der Waals surface area (Å²) in [5.41, 5.74) is 1.40. The summed E-state index contributed by atoms with van der Waals surface area (Å²) in [5.74, 6) is -0.0629. The molecule has 2 aromatic heterocycles. The number of aromatic nitrogens is 4. The largest absolute Gasteiger partial charge is 0.385 e. The van der Waals surface area contributed by atoms with Crippen LogP contribution in [-0.4, -0.2) is 48.8 Å². The average molecular weight is 446 g/mol. The van der Waals surface area contributed by atoms with E-state index in [-0.39, 0.29) is 5.91 Å². The number of nitrogens with zero attached hydrogens (tertiary/aromatic N) is 4. The molecule has 1 fully saturated rings. The molecule has 8 heteroatoms. The molecule has 0 spiro atoms. The summed E-state index contributed by atoms with van der Waals surface area (Å²) in [6, 6.07) is 18.6. The number of hydrogen-bond donors (Lipinski definition) is 2. The van der Waals surface area contributed by atoms with Crippen molar-refractivity contribution >= 4 is 29.2 Å². The Hall–Kier alpha value is -3.36. The van der Waals surface area contributed by atoms with Crippen LogP contribution < -0.4 is 0 Å². The van der Waals surface area contributed by atoms with Crippen molar-refractivity contribution < 1.29 is 9.90 Å². The van der Waals surface area contributed by atoms with Crippen LogP contribution in [0.3, 0.4) is 0 Å². The zero-order valence-corrected chi connectivity index (χ0v) is 18.2. The Bertz CT molecular complexity index is 1290. The van der Waals surface area contributed by atoms with Gasteiger partial charge in [-0.2, -0.15) is 5.10 Å². The predicted octanol–water partition coefficient (Wildman–Crippen LogP) is 3.59. The number of hydrogen-bond acceptors (Lipinski definition) is 5. The molecule has 5 rings (SSSR count). The Labute approximate surface area is 190 Å². The summed E-state index contributed by atoms with van der Waals surface area (Å²) < 4.78 is 2.24. The molecular weight excluding hydrogens is 422 g/mol. The molecule has 3 heterocycles. The molecule has 1 amide bonds. The fourth-order valence-electron chi connectivity index (χ4n) is 4.39. The van der Waals surface area contributed by atoms with Gasteiger partial charge in [-0.25, -0.2) is 4.98 Å². The van der Waals surface area contributed by atoms with Crippen LogP contribution in [0.25, 0.3) is 11.0 Å². The van der Waals surface area contributed by atoms with Crippen LogP contribution in [0.5, 0.6) is 0 Å². The molecule has 1 aliphatic rings. The van der Waals surface area contributed by atoms with Gasteiger partial charge in [0.2, 0.25) is 5.91 Å². The first-order valence-corrected chi connectivity index (χ1v) is 11.0. The second-order valence-corrected chi connectivity index (χ2v) is 8.51. The van der Waals surface area contributed by atoms with Crippen LogP contribution >= 0.6 is 12.2 Å². The van der Waals surface area contributed by atoms with E-state index in [2.05, 4.69) is 15.2 Å². The molecule has 1 unspecified atom stereocenters. The minimum atomic E-state index is -0.923. The van der Waals surface area contributed by atoms with E-state index in [9.17, 15) is 9.90 Å². The van der Waals surface area contributed by atoms with Gasteiger partial charge in [0.25, 0.3) is 0 Å². The number of aliphatic hydroxyl groups is 1. The minimum Gasteiger partial charge on any atom is -0.385 e. The summed E-state index contributed by atoms with van der Waals surface area (Å²) in [5, 5.41) is 18.7. The Kier molecular flexibility index (Phi) is 5.32. The molecule has 0 radical (unpaired) electrons. The van der Waals surface area contributed by atoms with Crippen molar-refractivity contribution in [3.8, 4) is 0 Å². The standard InChI is InChI=1S/C24H23N5O2S/c30-22(28-13-11-24(31,12-14-28)18-9-5-2-6-10-18)20(17-7-3-1-4-8-17)29-16-25-21-19(23(29)32)15-26-27-21/h1-10,15-16,20,31H,11-14H2,(H,26,27). The molecule has 4 aromatic rings. The lowest BCUT2D eigenvalue weighted by molar-refractivity contribution is -0.138. The number of aromatic amines is 1. The predicted molar refractivity (Wildman–Crippen MR) is 123 cm³/mol. The van der Waals surface area contributed by atoms with Crippen LogP contribution in [0.15, 0.2) is 73.2 Å². The molecule has 32 heavy (non-hydrogen) atoms. The van der Waals surface area contributed by atoms with Gasteiger partial charge in [-0.1, -0.05) is 72.9 Å². The van der Waals surface area contributed by atoms with E-state index in [0.717, 1.165) is 11.1 Å². The van der Waals surface area contributed by atoms with E-state index in [1.54, 1.807) is 17.1 Å². The van der Waals surface area contributed by atoms with Crippen LogP contribution in [0.2, 0.25) is 0 Å². The second kappa shape index (κ2) is 8.29. The molecule has 0 aliphatic carbocycles. The molecule has 1 atom stereocenters. The van der Waals surface area contributed by atoms with Crippen molar-refractivity contribution in [2.24, 2.45) is 0 Å². The number of rotatable bonds is 4. The molecule has 162 valence electrons. The number of carbonyl (C=O) groups excluding carboxylic acids is 1. The molecule has 2 N–H and O–H groups in total. The Morgan fingerprint density at radius 2 is 1.72 bits per heavy atom. The monoisotopic (exact) mass is 445 g/mol. The number of piperidine rings is 1. The molecule has 1 saturated heterocycles. The van der Waals surface area contributed by atoms with Gasteiger partial charge in [-0.05, 0) is 24.0 Å². The van der Waals surface area contributed by atoms with Gasteiger partial charge in [-0.3, -0.25) is 9.89 Å². The Morgan fingerprint density at radius 1 is 1.06 bits per heavy atom. The van der Waals surface area contributed by atoms with Crippen molar-refractivity contribution in [2.45, 2.75) is 24.5 Å². The summed E-state index contributed by atoms with van der Waals surface area (Å²) in [6.07, 6.45) is 4.20. The fraction of sp³-hybridized carbons (Fsp3) is 0.250. The first-order valence-electron chi connectivity index (χ1n) is 10.6. The van der Waals surface area contributed by atoms with Gasteiger partial charge in [0.15, 0.2) is 5.65 Å². The average Bonchev–Trinajstić information content (AvgIpc) is 3.32. The van der Waals surface area contributed by atoms with Gasteiger partial charge in [0, 0.05) is 13.1 Å². The molecule has 1 aliphatic heterocycles. The van der Waals surface area contributed by atoms with Crippen LogP contribution in [-0.2, 0) is 10.4 Å². The quantitative estimate of drug-likeness (QED) is 0.469. The van der Waals surface area contributed by atoms with Crippen molar-refractivity contribution in [2.75, 3.05) is 13.1 Å². The number of fused-ring (bicyclic) bond motifs is 1. The number of amides is 1. The summed E-state index contributed by atoms with van der Waals surface area (Å²) in [7, 11) is 0. The van der Waals surface area contributed by atoms with Crippen molar-refractivity contribution in [1.29, 1.82) is 0 Å². The fourth-order valence-corrected chi connectivity index (χ4v) is 4.70. The number of likely N-dealkylation sites (tertiary alicyclic amines) is 1. The normalized spacial score (nSPS) is 16.7. The number of H-pyrrole nitrogens is 1. The molecule has 0 bridgehead atoms. The zero-order valence-electron chi connectivity index (χ0n) is 17.4. The maximum absolute atomic E-state index is 13.8. The minimum absolute atomic E-state index is 0.0629. The second-order valence-electron chi connectivity index (χ2n) is 8.13. The molecule has 0 saturated carbocycles.